The number of carbonyl (C=O) groups is 1. The molecule has 6 heteroatoms. The van der Waals surface area contributed by atoms with Crippen molar-refractivity contribution in [1.29, 1.82) is 0 Å². The molecule has 29 heavy (non-hydrogen) atoms. The van der Waals surface area contributed by atoms with Gasteiger partial charge < -0.3 is 15.3 Å². The summed E-state index contributed by atoms with van der Waals surface area (Å²) < 4.78 is 0. The number of hydrogen-bond acceptors (Lipinski definition) is 4. The van der Waals surface area contributed by atoms with Crippen LogP contribution in [0.25, 0.3) is 0 Å². The molecule has 0 bridgehead atoms. The number of aliphatic hydroxyl groups excluding tert-OH is 1. The molecule has 2 aromatic rings. The second-order valence-corrected chi connectivity index (χ2v) is 9.12. The van der Waals surface area contributed by atoms with Crippen molar-refractivity contribution in [1.82, 2.24) is 15.1 Å². The molecule has 1 saturated heterocycles. The minimum absolute atomic E-state index is 0.0747. The van der Waals surface area contributed by atoms with Crippen molar-refractivity contribution >= 4 is 17.8 Å². The van der Waals surface area contributed by atoms with Gasteiger partial charge >= 0.3 is 6.03 Å². The van der Waals surface area contributed by atoms with Crippen LogP contribution in [0.5, 0.6) is 0 Å². The number of urea groups is 1. The normalized spacial score (nSPS) is 20.7. The summed E-state index contributed by atoms with van der Waals surface area (Å²) in [5, 5.41) is 13.7. The van der Waals surface area contributed by atoms with Gasteiger partial charge in [0.2, 0.25) is 0 Å². The van der Waals surface area contributed by atoms with Crippen molar-refractivity contribution in [2.45, 2.75) is 24.3 Å². The molecule has 2 N–H and O–H groups in total. The summed E-state index contributed by atoms with van der Waals surface area (Å²) in [5.74, 6) is 0.933. The summed E-state index contributed by atoms with van der Waals surface area (Å²) in [6.07, 6.45) is 0.454. The fraction of sp³-hybridized carbons (Fsp3) is 0.435. The molecule has 2 heterocycles. The quantitative estimate of drug-likeness (QED) is 0.794. The lowest BCUT2D eigenvalue weighted by Crippen LogP contribution is -2.48. The average molecular weight is 412 g/mol. The van der Waals surface area contributed by atoms with Gasteiger partial charge in [-0.1, -0.05) is 54.6 Å². The van der Waals surface area contributed by atoms with E-state index in [0.717, 1.165) is 31.8 Å². The Morgan fingerprint density at radius 3 is 2.69 bits per heavy atom. The van der Waals surface area contributed by atoms with Crippen LogP contribution in [0.15, 0.2) is 54.6 Å². The van der Waals surface area contributed by atoms with Crippen LogP contribution in [0.1, 0.15) is 21.9 Å². The molecule has 0 aliphatic carbocycles. The Morgan fingerprint density at radius 1 is 1.10 bits per heavy atom. The molecule has 0 spiro atoms. The number of rotatable bonds is 5. The molecule has 2 aliphatic rings. The van der Waals surface area contributed by atoms with Gasteiger partial charge in [0, 0.05) is 50.3 Å². The molecule has 1 fully saturated rings. The van der Waals surface area contributed by atoms with Gasteiger partial charge in [0.15, 0.2) is 0 Å². The van der Waals surface area contributed by atoms with Crippen LogP contribution in [-0.4, -0.2) is 65.5 Å². The lowest BCUT2D eigenvalue weighted by molar-refractivity contribution is 0.103. The zero-order valence-electron chi connectivity index (χ0n) is 16.7. The lowest BCUT2D eigenvalue weighted by Gasteiger charge is -2.33. The van der Waals surface area contributed by atoms with Crippen molar-refractivity contribution < 1.29 is 9.90 Å². The third-order valence-electron chi connectivity index (χ3n) is 5.69. The number of nitrogens with zero attached hydrogens (tertiary/aromatic N) is 2. The largest absolute Gasteiger partial charge is 0.390 e. The number of amides is 2. The second kappa shape index (κ2) is 9.65. The Hall–Kier alpha value is -2.02. The van der Waals surface area contributed by atoms with E-state index in [4.69, 9.17) is 0 Å². The van der Waals surface area contributed by atoms with E-state index in [9.17, 15) is 9.90 Å². The minimum Gasteiger partial charge on any atom is -0.390 e. The number of fused-ring (bicyclic) bond motifs is 1. The van der Waals surface area contributed by atoms with Crippen LogP contribution in [0, 0.1) is 0 Å². The van der Waals surface area contributed by atoms with E-state index in [-0.39, 0.29) is 12.6 Å². The monoisotopic (exact) mass is 411 g/mol. The Morgan fingerprint density at radius 2 is 1.86 bits per heavy atom. The second-order valence-electron chi connectivity index (χ2n) is 7.81. The van der Waals surface area contributed by atoms with Crippen LogP contribution in [0.4, 0.5) is 4.79 Å². The van der Waals surface area contributed by atoms with E-state index >= 15 is 0 Å². The number of hydrogen-bond donors (Lipinski definition) is 2. The number of carbonyl (C=O) groups excluding carboxylic acids is 1. The standard InChI is InChI=1S/C23H29N3O2S/c27-21(16-25-11-10-18-6-4-5-9-20(18)15-25)14-24-23(28)26-12-13-29-22(17-26)19-7-2-1-3-8-19/h1-9,21-22,27H,10-17H2,(H,24,28)/t21?,22-/m0/s1. The van der Waals surface area contributed by atoms with Gasteiger partial charge in [0.05, 0.1) is 6.10 Å². The van der Waals surface area contributed by atoms with E-state index < -0.39 is 6.10 Å². The Kier molecular flexibility index (Phi) is 6.74. The molecule has 2 atom stereocenters. The van der Waals surface area contributed by atoms with Gasteiger partial charge in [-0.15, -0.1) is 0 Å². The molecule has 0 saturated carbocycles. The van der Waals surface area contributed by atoms with Gasteiger partial charge in [-0.3, -0.25) is 4.90 Å². The Labute approximate surface area is 177 Å². The van der Waals surface area contributed by atoms with Crippen LogP contribution in [0.3, 0.4) is 0 Å². The number of benzene rings is 2. The smallest absolute Gasteiger partial charge is 0.317 e. The molecular formula is C23H29N3O2S. The molecule has 4 rings (SSSR count). The fourth-order valence-corrected chi connectivity index (χ4v) is 5.34. The maximum Gasteiger partial charge on any atom is 0.317 e. The Balaban J connectivity index is 1.23. The van der Waals surface area contributed by atoms with Crippen molar-refractivity contribution in [3.63, 3.8) is 0 Å². The van der Waals surface area contributed by atoms with Crippen molar-refractivity contribution in [2.24, 2.45) is 0 Å². The first-order chi connectivity index (χ1) is 14.2. The summed E-state index contributed by atoms with van der Waals surface area (Å²) in [6.45, 7) is 4.14. The summed E-state index contributed by atoms with van der Waals surface area (Å²) in [5.41, 5.74) is 4.01. The van der Waals surface area contributed by atoms with Crippen LogP contribution in [-0.2, 0) is 13.0 Å². The first-order valence-corrected chi connectivity index (χ1v) is 11.4. The maximum absolute atomic E-state index is 12.6. The first kappa shape index (κ1) is 20.3. The van der Waals surface area contributed by atoms with E-state index in [0.29, 0.717) is 18.3 Å². The van der Waals surface area contributed by atoms with Gasteiger partial charge in [0.25, 0.3) is 0 Å². The van der Waals surface area contributed by atoms with Crippen molar-refractivity contribution in [2.75, 3.05) is 38.5 Å². The summed E-state index contributed by atoms with van der Waals surface area (Å²) >= 11 is 1.90. The van der Waals surface area contributed by atoms with Crippen molar-refractivity contribution in [3.8, 4) is 0 Å². The number of thioether (sulfide) groups is 1. The molecule has 2 aliphatic heterocycles. The van der Waals surface area contributed by atoms with E-state index in [2.05, 4.69) is 46.6 Å². The zero-order valence-corrected chi connectivity index (χ0v) is 17.5. The average Bonchev–Trinajstić information content (AvgIpc) is 2.78. The van der Waals surface area contributed by atoms with E-state index in [1.807, 2.05) is 34.9 Å². The molecule has 0 radical (unpaired) electrons. The molecule has 1 unspecified atom stereocenters. The number of nitrogens with one attached hydrogen (secondary N) is 1. The molecular weight excluding hydrogens is 382 g/mol. The molecule has 154 valence electrons. The summed E-state index contributed by atoms with van der Waals surface area (Å²) in [4.78, 5) is 16.8. The number of aliphatic hydroxyl groups is 1. The van der Waals surface area contributed by atoms with Gasteiger partial charge in [-0.2, -0.15) is 11.8 Å². The lowest BCUT2D eigenvalue weighted by atomic mass is 10.00. The van der Waals surface area contributed by atoms with Gasteiger partial charge in [-0.05, 0) is 23.1 Å². The minimum atomic E-state index is -0.562. The third kappa shape index (κ3) is 5.32. The molecule has 2 amide bonds. The molecule has 2 aromatic carbocycles. The first-order valence-electron chi connectivity index (χ1n) is 10.4. The van der Waals surface area contributed by atoms with Gasteiger partial charge in [0.1, 0.15) is 0 Å². The molecule has 5 nitrogen and oxygen atoms in total. The molecule has 0 aromatic heterocycles. The third-order valence-corrected chi connectivity index (χ3v) is 6.93. The van der Waals surface area contributed by atoms with Crippen LogP contribution >= 0.6 is 11.8 Å². The summed E-state index contributed by atoms with van der Waals surface area (Å²) in [6, 6.07) is 18.8. The van der Waals surface area contributed by atoms with Crippen LogP contribution < -0.4 is 5.32 Å². The highest BCUT2D eigenvalue weighted by Crippen LogP contribution is 2.32. The van der Waals surface area contributed by atoms with Gasteiger partial charge in [-0.25, -0.2) is 4.79 Å². The van der Waals surface area contributed by atoms with E-state index in [1.165, 1.54) is 16.7 Å². The van der Waals surface area contributed by atoms with Crippen LogP contribution in [0.2, 0.25) is 0 Å². The van der Waals surface area contributed by atoms with E-state index in [1.54, 1.807) is 0 Å². The number of β-amino-alcohol motifs (C(OH)–C–C–N with tert-alkyl or cyclic N) is 1. The predicted octanol–water partition coefficient (Wildman–Crippen LogP) is 2.91. The topological polar surface area (TPSA) is 55.8 Å². The predicted molar refractivity (Wildman–Crippen MR) is 118 cm³/mol. The highest BCUT2D eigenvalue weighted by atomic mass is 32.2. The summed E-state index contributed by atoms with van der Waals surface area (Å²) in [7, 11) is 0. The SMILES string of the molecule is O=C(NCC(O)CN1CCc2ccccc2C1)N1CCS[C@H](c2ccccc2)C1. The fourth-order valence-electron chi connectivity index (χ4n) is 4.09. The maximum atomic E-state index is 12.6. The zero-order chi connectivity index (χ0) is 20.1. The Bertz CT molecular complexity index is 817. The highest BCUT2D eigenvalue weighted by Gasteiger charge is 2.26. The van der Waals surface area contributed by atoms with Crippen molar-refractivity contribution in [3.05, 3.63) is 71.3 Å². The highest BCUT2D eigenvalue weighted by molar-refractivity contribution is 7.99.